The average Bonchev–Trinajstić information content (AvgIpc) is 2.35. The molecule has 0 heterocycles. The number of nitrogens with zero attached hydrogens (tertiary/aromatic N) is 1. The van der Waals surface area contributed by atoms with E-state index in [4.69, 9.17) is 5.11 Å². The van der Waals surface area contributed by atoms with Gasteiger partial charge in [-0.05, 0) is 12.8 Å². The first kappa shape index (κ1) is 15.3. The third kappa shape index (κ3) is 4.78. The van der Waals surface area contributed by atoms with E-state index < -0.39 is 22.2 Å². The topological polar surface area (TPSA) is 75.4 Å². The fourth-order valence-electron chi connectivity index (χ4n) is 1.64. The van der Waals surface area contributed by atoms with Gasteiger partial charge in [0.05, 0.1) is 17.1 Å². The van der Waals surface area contributed by atoms with Gasteiger partial charge in [0.25, 0.3) is 5.69 Å². The van der Waals surface area contributed by atoms with Gasteiger partial charge in [-0.2, -0.15) is 0 Å². The fourth-order valence-corrected chi connectivity index (χ4v) is 1.64. The Hall–Kier alpha value is -1.76. The van der Waals surface area contributed by atoms with Crippen LogP contribution in [0.2, 0.25) is 0 Å². The Morgan fingerprint density at radius 3 is 2.26 bits per heavy atom. The van der Waals surface area contributed by atoms with E-state index in [0.717, 1.165) is 12.8 Å². The van der Waals surface area contributed by atoms with Gasteiger partial charge in [0.1, 0.15) is 5.69 Å². The average molecular weight is 274 g/mol. The van der Waals surface area contributed by atoms with Crippen molar-refractivity contribution in [2.45, 2.75) is 25.7 Å². The Kier molecular flexibility index (Phi) is 6.14. The lowest BCUT2D eigenvalue weighted by atomic mass is 10.2. The first-order chi connectivity index (χ1) is 9.06. The predicted octanol–water partition coefficient (Wildman–Crippen LogP) is 2.84. The van der Waals surface area contributed by atoms with Crippen molar-refractivity contribution in [1.29, 1.82) is 0 Å². The van der Waals surface area contributed by atoms with Crippen LogP contribution in [-0.4, -0.2) is 23.2 Å². The Bertz CT molecular complexity index is 418. The number of unbranched alkanes of at least 4 members (excludes halogenated alkanes) is 3. The number of hydrogen-bond acceptors (Lipinski definition) is 4. The molecule has 19 heavy (non-hydrogen) atoms. The number of rotatable bonds is 8. The molecule has 0 fully saturated rings. The third-order valence-electron chi connectivity index (χ3n) is 2.62. The molecule has 0 aliphatic carbocycles. The van der Waals surface area contributed by atoms with Crippen LogP contribution in [0.4, 0.5) is 20.2 Å². The van der Waals surface area contributed by atoms with Gasteiger partial charge in [-0.3, -0.25) is 10.1 Å². The van der Waals surface area contributed by atoms with E-state index in [-0.39, 0.29) is 12.3 Å². The Balaban J connectivity index is 2.52. The highest BCUT2D eigenvalue weighted by Crippen LogP contribution is 2.24. The first-order valence-corrected chi connectivity index (χ1v) is 6.04. The Labute approximate surface area is 109 Å². The molecule has 0 atom stereocenters. The number of benzene rings is 1. The lowest BCUT2D eigenvalue weighted by Crippen LogP contribution is -2.06. The summed E-state index contributed by atoms with van der Waals surface area (Å²) in [4.78, 5) is 9.57. The van der Waals surface area contributed by atoms with E-state index in [1.807, 2.05) is 0 Å². The highest BCUT2D eigenvalue weighted by molar-refractivity contribution is 5.51. The number of nitro groups is 1. The molecule has 1 aromatic rings. The van der Waals surface area contributed by atoms with E-state index in [9.17, 15) is 18.9 Å². The van der Waals surface area contributed by atoms with Crippen LogP contribution in [0, 0.1) is 21.7 Å². The van der Waals surface area contributed by atoms with Gasteiger partial charge in [0.2, 0.25) is 0 Å². The van der Waals surface area contributed by atoms with Crippen LogP contribution in [0.25, 0.3) is 0 Å². The second-order valence-corrected chi connectivity index (χ2v) is 4.11. The van der Waals surface area contributed by atoms with Gasteiger partial charge in [-0.15, -0.1) is 0 Å². The summed E-state index contributed by atoms with van der Waals surface area (Å²) in [5.74, 6) is -1.94. The standard InChI is InChI=1S/C12H16F2N2O3/c13-10-7-9(16(18)19)8-11(14)12(10)15-5-3-1-2-4-6-17/h7-8,15,17H,1-6H2. The van der Waals surface area contributed by atoms with E-state index in [1.54, 1.807) is 0 Å². The van der Waals surface area contributed by atoms with Gasteiger partial charge in [0.15, 0.2) is 11.6 Å². The molecule has 0 saturated carbocycles. The van der Waals surface area contributed by atoms with Gasteiger partial charge in [-0.1, -0.05) is 12.8 Å². The van der Waals surface area contributed by atoms with Crippen LogP contribution >= 0.6 is 0 Å². The fraction of sp³-hybridized carbons (Fsp3) is 0.500. The van der Waals surface area contributed by atoms with E-state index >= 15 is 0 Å². The summed E-state index contributed by atoms with van der Waals surface area (Å²) in [5, 5.41) is 21.6. The highest BCUT2D eigenvalue weighted by atomic mass is 19.1. The largest absolute Gasteiger partial charge is 0.396 e. The molecule has 0 aliphatic heterocycles. The summed E-state index contributed by atoms with van der Waals surface area (Å²) < 4.78 is 26.9. The molecule has 7 heteroatoms. The molecule has 5 nitrogen and oxygen atoms in total. The molecule has 0 aromatic heterocycles. The molecule has 0 bridgehead atoms. The maximum absolute atomic E-state index is 13.5. The Morgan fingerprint density at radius 1 is 1.16 bits per heavy atom. The van der Waals surface area contributed by atoms with Gasteiger partial charge < -0.3 is 10.4 Å². The van der Waals surface area contributed by atoms with Crippen LogP contribution in [0.15, 0.2) is 12.1 Å². The molecule has 0 radical (unpaired) electrons. The Morgan fingerprint density at radius 2 is 1.74 bits per heavy atom. The molecule has 0 aliphatic rings. The minimum Gasteiger partial charge on any atom is -0.396 e. The summed E-state index contributed by atoms with van der Waals surface area (Å²) in [7, 11) is 0. The molecule has 0 saturated heterocycles. The second kappa shape index (κ2) is 7.63. The zero-order valence-corrected chi connectivity index (χ0v) is 10.4. The zero-order valence-electron chi connectivity index (χ0n) is 10.4. The monoisotopic (exact) mass is 274 g/mol. The maximum Gasteiger partial charge on any atom is 0.275 e. The summed E-state index contributed by atoms with van der Waals surface area (Å²) >= 11 is 0. The second-order valence-electron chi connectivity index (χ2n) is 4.11. The minimum absolute atomic E-state index is 0.138. The van der Waals surface area contributed by atoms with E-state index in [0.29, 0.717) is 31.5 Å². The number of hydrogen-bond donors (Lipinski definition) is 2. The van der Waals surface area contributed by atoms with Crippen LogP contribution < -0.4 is 5.32 Å². The molecule has 0 spiro atoms. The number of anilines is 1. The number of aliphatic hydroxyl groups excluding tert-OH is 1. The number of non-ortho nitro benzene ring substituents is 1. The van der Waals surface area contributed by atoms with Crippen molar-refractivity contribution < 1.29 is 18.8 Å². The van der Waals surface area contributed by atoms with Gasteiger partial charge >= 0.3 is 0 Å². The highest BCUT2D eigenvalue weighted by Gasteiger charge is 2.16. The minimum atomic E-state index is -0.970. The maximum atomic E-state index is 13.5. The van der Waals surface area contributed by atoms with Gasteiger partial charge in [-0.25, -0.2) is 8.78 Å². The van der Waals surface area contributed by atoms with Crippen molar-refractivity contribution >= 4 is 11.4 Å². The summed E-state index contributed by atoms with van der Waals surface area (Å²) in [6, 6.07) is 1.38. The van der Waals surface area contributed by atoms with Crippen molar-refractivity contribution in [3.8, 4) is 0 Å². The van der Waals surface area contributed by atoms with Crippen molar-refractivity contribution in [3.05, 3.63) is 33.9 Å². The molecule has 1 rings (SSSR count). The molecule has 0 unspecified atom stereocenters. The molecule has 0 amide bonds. The molecular formula is C12H16F2N2O3. The molecule has 106 valence electrons. The number of halogens is 2. The summed E-state index contributed by atoms with van der Waals surface area (Å²) in [5.41, 5.74) is -0.948. The van der Waals surface area contributed by atoms with Crippen LogP contribution in [0.3, 0.4) is 0 Å². The lowest BCUT2D eigenvalue weighted by molar-refractivity contribution is -0.385. The molecule has 2 N–H and O–H groups in total. The lowest BCUT2D eigenvalue weighted by Gasteiger charge is -2.08. The van der Waals surface area contributed by atoms with Gasteiger partial charge in [0, 0.05) is 13.2 Å². The van der Waals surface area contributed by atoms with Crippen molar-refractivity contribution in [3.63, 3.8) is 0 Å². The summed E-state index contributed by atoms with van der Waals surface area (Å²) in [6.07, 6.45) is 3.10. The number of aliphatic hydroxyl groups is 1. The normalized spacial score (nSPS) is 10.5. The van der Waals surface area contributed by atoms with Crippen molar-refractivity contribution in [2.24, 2.45) is 0 Å². The van der Waals surface area contributed by atoms with Crippen LogP contribution in [0.5, 0.6) is 0 Å². The molecular weight excluding hydrogens is 258 g/mol. The van der Waals surface area contributed by atoms with E-state index in [1.165, 1.54) is 0 Å². The number of nitro benzene ring substituents is 1. The number of nitrogens with one attached hydrogen (secondary N) is 1. The quantitative estimate of drug-likeness (QED) is 0.434. The first-order valence-electron chi connectivity index (χ1n) is 6.04. The third-order valence-corrected chi connectivity index (χ3v) is 2.62. The van der Waals surface area contributed by atoms with Crippen LogP contribution in [0.1, 0.15) is 25.7 Å². The summed E-state index contributed by atoms with van der Waals surface area (Å²) in [6.45, 7) is 0.510. The van der Waals surface area contributed by atoms with E-state index in [2.05, 4.69) is 5.32 Å². The van der Waals surface area contributed by atoms with Crippen LogP contribution in [-0.2, 0) is 0 Å². The van der Waals surface area contributed by atoms with Crippen molar-refractivity contribution in [1.82, 2.24) is 0 Å². The molecule has 1 aromatic carbocycles. The predicted molar refractivity (Wildman–Crippen MR) is 67.1 cm³/mol. The zero-order chi connectivity index (χ0) is 14.3. The SMILES string of the molecule is O=[N+]([O-])c1cc(F)c(NCCCCCCO)c(F)c1. The smallest absolute Gasteiger partial charge is 0.275 e. The van der Waals surface area contributed by atoms with Crippen molar-refractivity contribution in [2.75, 3.05) is 18.5 Å².